The molecule has 1 heterocycles. The van der Waals surface area contributed by atoms with E-state index < -0.39 is 0 Å². The average molecular weight is 311 g/mol. The van der Waals surface area contributed by atoms with Gasteiger partial charge < -0.3 is 4.74 Å². The van der Waals surface area contributed by atoms with Gasteiger partial charge in [-0.2, -0.15) is 15.6 Å². The highest BCUT2D eigenvalue weighted by Crippen LogP contribution is 2.16. The Balaban J connectivity index is 1.75. The van der Waals surface area contributed by atoms with Crippen LogP contribution < -0.4 is 10.2 Å². The molecule has 1 aromatic carbocycles. The molecule has 0 amide bonds. The lowest BCUT2D eigenvalue weighted by Gasteiger charge is -2.19. The van der Waals surface area contributed by atoms with Crippen molar-refractivity contribution in [2.75, 3.05) is 31.7 Å². The van der Waals surface area contributed by atoms with E-state index in [1.807, 2.05) is 12.1 Å². The van der Waals surface area contributed by atoms with E-state index in [4.69, 9.17) is 15.3 Å². The van der Waals surface area contributed by atoms with Crippen LogP contribution in [0, 0.1) is 22.7 Å². The van der Waals surface area contributed by atoms with Gasteiger partial charge in [-0.15, -0.1) is 0 Å². The van der Waals surface area contributed by atoms with Crippen molar-refractivity contribution in [2.24, 2.45) is 5.10 Å². The maximum atomic E-state index is 8.60. The Morgan fingerprint density at radius 2 is 1.74 bits per heavy atom. The number of likely N-dealkylation sites (tertiary alicyclic amines) is 1. The third kappa shape index (κ3) is 5.98. The molecule has 1 N–H and O–H groups in total. The summed E-state index contributed by atoms with van der Waals surface area (Å²) in [5, 5.41) is 20.9. The van der Waals surface area contributed by atoms with Crippen molar-refractivity contribution in [3.05, 3.63) is 24.3 Å². The molecule has 23 heavy (non-hydrogen) atoms. The molecule has 0 atom stereocenters. The number of ether oxygens (including phenoxy) is 1. The molecule has 0 aliphatic carbocycles. The Labute approximate surface area is 137 Å². The second-order valence-corrected chi connectivity index (χ2v) is 5.42. The quantitative estimate of drug-likeness (QED) is 0.645. The number of hydrogen-bond donors (Lipinski definition) is 1. The summed E-state index contributed by atoms with van der Waals surface area (Å²) in [6.45, 7) is 3.98. The number of nitrogens with one attached hydrogen (secondary N) is 1. The summed E-state index contributed by atoms with van der Waals surface area (Å²) in [6.07, 6.45) is 5.25. The summed E-state index contributed by atoms with van der Waals surface area (Å²) in [6, 6.07) is 10.7. The number of anilines is 1. The molecule has 6 nitrogen and oxygen atoms in total. The number of nitrogens with zero attached hydrogens (tertiary/aromatic N) is 4. The summed E-state index contributed by atoms with van der Waals surface area (Å²) in [5.41, 5.74) is 3.16. The van der Waals surface area contributed by atoms with Gasteiger partial charge in [-0.05, 0) is 50.2 Å². The molecule has 0 saturated carbocycles. The van der Waals surface area contributed by atoms with Crippen molar-refractivity contribution in [3.63, 3.8) is 0 Å². The summed E-state index contributed by atoms with van der Waals surface area (Å²) < 4.78 is 5.76. The molecule has 0 radical (unpaired) electrons. The molecule has 1 aromatic rings. The maximum Gasteiger partial charge on any atom is 0.237 e. The molecule has 2 rings (SSSR count). The fraction of sp³-hybridized carbons (Fsp3) is 0.471. The van der Waals surface area contributed by atoms with Crippen molar-refractivity contribution in [3.8, 4) is 17.9 Å². The zero-order chi connectivity index (χ0) is 16.3. The SMILES string of the molecule is N#CC(C#N)=NNc1ccc(OCCN2CCCCCC2)cc1. The fourth-order valence-electron chi connectivity index (χ4n) is 2.47. The van der Waals surface area contributed by atoms with Gasteiger partial charge in [0.2, 0.25) is 5.71 Å². The summed E-state index contributed by atoms with van der Waals surface area (Å²) in [7, 11) is 0. The van der Waals surface area contributed by atoms with E-state index in [0.29, 0.717) is 12.3 Å². The zero-order valence-electron chi connectivity index (χ0n) is 13.2. The standard InChI is InChI=1S/C17H21N5O/c18-13-16(14-19)21-20-15-5-7-17(8-6-15)23-12-11-22-9-3-1-2-4-10-22/h5-8,20H,1-4,9-12H2. The lowest BCUT2D eigenvalue weighted by molar-refractivity contribution is 0.214. The molecule has 1 fully saturated rings. The van der Waals surface area contributed by atoms with Crippen LogP contribution in [0.2, 0.25) is 0 Å². The normalized spacial score (nSPS) is 14.9. The van der Waals surface area contributed by atoms with Gasteiger partial charge in [-0.1, -0.05) is 12.8 Å². The zero-order valence-corrected chi connectivity index (χ0v) is 13.2. The van der Waals surface area contributed by atoms with Crippen LogP contribution in [0.25, 0.3) is 0 Å². The number of rotatable bonds is 6. The number of nitriles is 2. The van der Waals surface area contributed by atoms with Gasteiger partial charge in [0, 0.05) is 6.54 Å². The van der Waals surface area contributed by atoms with Gasteiger partial charge in [0.25, 0.3) is 0 Å². The third-order valence-corrected chi connectivity index (χ3v) is 3.74. The van der Waals surface area contributed by atoms with Gasteiger partial charge in [-0.25, -0.2) is 0 Å². The molecular formula is C17H21N5O. The van der Waals surface area contributed by atoms with E-state index in [2.05, 4.69) is 15.4 Å². The van der Waals surface area contributed by atoms with Gasteiger partial charge >= 0.3 is 0 Å². The van der Waals surface area contributed by atoms with Crippen LogP contribution >= 0.6 is 0 Å². The molecule has 0 aromatic heterocycles. The Bertz CT molecular complexity index is 573. The molecule has 0 bridgehead atoms. The van der Waals surface area contributed by atoms with Crippen LogP contribution in [-0.4, -0.2) is 36.9 Å². The Morgan fingerprint density at radius 3 is 2.35 bits per heavy atom. The van der Waals surface area contributed by atoms with E-state index in [0.717, 1.165) is 12.3 Å². The highest BCUT2D eigenvalue weighted by molar-refractivity contribution is 6.10. The molecule has 6 heteroatoms. The Morgan fingerprint density at radius 1 is 1.09 bits per heavy atom. The van der Waals surface area contributed by atoms with Crippen molar-refractivity contribution < 1.29 is 4.74 Å². The minimum absolute atomic E-state index is 0.206. The van der Waals surface area contributed by atoms with Crippen LogP contribution in [0.15, 0.2) is 29.4 Å². The highest BCUT2D eigenvalue weighted by Gasteiger charge is 2.08. The predicted octanol–water partition coefficient (Wildman–Crippen LogP) is 2.76. The van der Waals surface area contributed by atoms with Gasteiger partial charge in [-0.3, -0.25) is 10.3 Å². The average Bonchev–Trinajstić information content (AvgIpc) is 2.86. The van der Waals surface area contributed by atoms with Crippen LogP contribution in [0.1, 0.15) is 25.7 Å². The second kappa shape index (κ2) is 9.45. The van der Waals surface area contributed by atoms with Crippen LogP contribution in [0.5, 0.6) is 5.75 Å². The summed E-state index contributed by atoms with van der Waals surface area (Å²) >= 11 is 0. The monoisotopic (exact) mass is 311 g/mol. The lowest BCUT2D eigenvalue weighted by atomic mass is 10.2. The van der Waals surface area contributed by atoms with Crippen molar-refractivity contribution in [1.29, 1.82) is 10.5 Å². The van der Waals surface area contributed by atoms with Crippen LogP contribution in [0.3, 0.4) is 0 Å². The molecule has 0 spiro atoms. The van der Waals surface area contributed by atoms with Crippen LogP contribution in [0.4, 0.5) is 5.69 Å². The predicted molar refractivity (Wildman–Crippen MR) is 89.1 cm³/mol. The van der Waals surface area contributed by atoms with Gasteiger partial charge in [0.15, 0.2) is 0 Å². The molecule has 1 saturated heterocycles. The van der Waals surface area contributed by atoms with E-state index >= 15 is 0 Å². The molecule has 1 aliphatic rings. The van der Waals surface area contributed by atoms with Crippen molar-refractivity contribution in [1.82, 2.24) is 4.90 Å². The highest BCUT2D eigenvalue weighted by atomic mass is 16.5. The van der Waals surface area contributed by atoms with E-state index in [9.17, 15) is 0 Å². The minimum atomic E-state index is -0.206. The topological polar surface area (TPSA) is 84.4 Å². The smallest absolute Gasteiger partial charge is 0.237 e. The molecular weight excluding hydrogens is 290 g/mol. The fourth-order valence-corrected chi connectivity index (χ4v) is 2.47. The number of hydrazone groups is 1. The van der Waals surface area contributed by atoms with Gasteiger partial charge in [0.1, 0.15) is 24.5 Å². The molecule has 120 valence electrons. The first kappa shape index (κ1) is 16.8. The first-order chi connectivity index (χ1) is 11.3. The lowest BCUT2D eigenvalue weighted by Crippen LogP contribution is -2.29. The van der Waals surface area contributed by atoms with Crippen molar-refractivity contribution in [2.45, 2.75) is 25.7 Å². The summed E-state index contributed by atoms with van der Waals surface area (Å²) in [4.78, 5) is 2.46. The second-order valence-electron chi connectivity index (χ2n) is 5.42. The third-order valence-electron chi connectivity index (χ3n) is 3.74. The Kier molecular flexibility index (Phi) is 6.90. The summed E-state index contributed by atoms with van der Waals surface area (Å²) in [5.74, 6) is 0.801. The molecule has 1 aliphatic heterocycles. The number of hydrogen-bond acceptors (Lipinski definition) is 6. The minimum Gasteiger partial charge on any atom is -0.492 e. The van der Waals surface area contributed by atoms with E-state index in [1.165, 1.54) is 38.8 Å². The van der Waals surface area contributed by atoms with E-state index in [1.54, 1.807) is 24.3 Å². The first-order valence-electron chi connectivity index (χ1n) is 7.91. The largest absolute Gasteiger partial charge is 0.492 e. The first-order valence-corrected chi connectivity index (χ1v) is 7.91. The van der Waals surface area contributed by atoms with Crippen molar-refractivity contribution >= 4 is 11.4 Å². The Hall–Kier alpha value is -2.57. The van der Waals surface area contributed by atoms with Gasteiger partial charge in [0.05, 0.1) is 5.69 Å². The van der Waals surface area contributed by atoms with E-state index in [-0.39, 0.29) is 5.71 Å². The molecule has 0 unspecified atom stereocenters. The number of benzene rings is 1. The van der Waals surface area contributed by atoms with Crippen LogP contribution in [-0.2, 0) is 0 Å². The maximum absolute atomic E-state index is 8.60.